The lowest BCUT2D eigenvalue weighted by atomic mass is 10.0. The molecule has 0 spiro atoms. The molecular formula is C23H29N3O2. The Labute approximate surface area is 167 Å². The number of nitrogens with one attached hydrogen (secondary N) is 1. The Balaban J connectivity index is 1.47. The lowest BCUT2D eigenvalue weighted by Gasteiger charge is -2.34. The van der Waals surface area contributed by atoms with Crippen LogP contribution in [0.25, 0.3) is 0 Å². The molecule has 28 heavy (non-hydrogen) atoms. The van der Waals surface area contributed by atoms with Gasteiger partial charge in [0.2, 0.25) is 5.91 Å². The monoisotopic (exact) mass is 379 g/mol. The molecule has 2 aromatic rings. The van der Waals surface area contributed by atoms with Crippen molar-refractivity contribution in [2.45, 2.75) is 26.2 Å². The number of piperazine rings is 1. The smallest absolute Gasteiger partial charge is 0.224 e. The Bertz CT molecular complexity index is 792. The van der Waals surface area contributed by atoms with Crippen molar-refractivity contribution in [2.24, 2.45) is 0 Å². The van der Waals surface area contributed by atoms with Crippen LogP contribution < -0.4 is 10.2 Å². The number of carbonyl (C=O) groups excluding carboxylic acids is 2. The predicted molar refractivity (Wildman–Crippen MR) is 114 cm³/mol. The van der Waals surface area contributed by atoms with Gasteiger partial charge in [0, 0.05) is 56.0 Å². The van der Waals surface area contributed by atoms with E-state index in [0.717, 1.165) is 38.3 Å². The van der Waals surface area contributed by atoms with E-state index in [1.165, 1.54) is 11.3 Å². The van der Waals surface area contributed by atoms with Crippen LogP contribution >= 0.6 is 0 Å². The molecule has 1 saturated heterocycles. The maximum atomic E-state index is 12.3. The fourth-order valence-electron chi connectivity index (χ4n) is 3.34. The Kier molecular flexibility index (Phi) is 6.82. The van der Waals surface area contributed by atoms with Crippen LogP contribution in [0.2, 0.25) is 0 Å². The number of Topliss-reactive ketones (excluding diaryl/α,β-unsaturated/α-hetero) is 1. The fourth-order valence-corrected chi connectivity index (χ4v) is 3.34. The number of amides is 1. The summed E-state index contributed by atoms with van der Waals surface area (Å²) in [7, 11) is 2.14. The van der Waals surface area contributed by atoms with Crippen LogP contribution in [-0.2, 0) is 11.2 Å². The zero-order valence-corrected chi connectivity index (χ0v) is 16.8. The second-order valence-electron chi connectivity index (χ2n) is 7.36. The third-order valence-electron chi connectivity index (χ3n) is 5.28. The normalized spacial score (nSPS) is 14.7. The van der Waals surface area contributed by atoms with E-state index in [9.17, 15) is 9.59 Å². The van der Waals surface area contributed by atoms with Gasteiger partial charge in [0.15, 0.2) is 5.78 Å². The number of likely N-dealkylation sites (N-methyl/N-ethyl adjacent to an activating group) is 1. The first kappa shape index (κ1) is 20.1. The SMILES string of the molecule is CCc1ccc(C(=O)CCC(=O)Nc2ccc(N3CCN(C)CC3)cc2)cc1. The van der Waals surface area contributed by atoms with Crippen molar-refractivity contribution in [3.05, 3.63) is 59.7 Å². The van der Waals surface area contributed by atoms with Crippen molar-refractivity contribution in [2.75, 3.05) is 43.4 Å². The molecule has 0 saturated carbocycles. The van der Waals surface area contributed by atoms with Gasteiger partial charge in [-0.25, -0.2) is 0 Å². The third kappa shape index (κ3) is 5.42. The summed E-state index contributed by atoms with van der Waals surface area (Å²) in [5.74, 6) is -0.130. The van der Waals surface area contributed by atoms with E-state index in [-0.39, 0.29) is 24.5 Å². The summed E-state index contributed by atoms with van der Waals surface area (Å²) < 4.78 is 0. The topological polar surface area (TPSA) is 52.7 Å². The Hall–Kier alpha value is -2.66. The van der Waals surface area contributed by atoms with Crippen molar-refractivity contribution in [1.29, 1.82) is 0 Å². The van der Waals surface area contributed by atoms with Crippen LogP contribution in [0.15, 0.2) is 48.5 Å². The number of ketones is 1. The number of benzene rings is 2. The van der Waals surface area contributed by atoms with Gasteiger partial charge in [0.05, 0.1) is 0 Å². The molecule has 5 nitrogen and oxygen atoms in total. The minimum atomic E-state index is -0.133. The van der Waals surface area contributed by atoms with Gasteiger partial charge in [0.1, 0.15) is 0 Å². The zero-order valence-electron chi connectivity index (χ0n) is 16.8. The summed E-state index contributed by atoms with van der Waals surface area (Å²) >= 11 is 0. The summed E-state index contributed by atoms with van der Waals surface area (Å²) in [6.07, 6.45) is 1.36. The molecule has 0 aromatic heterocycles. The number of aryl methyl sites for hydroxylation is 1. The van der Waals surface area contributed by atoms with Crippen molar-refractivity contribution < 1.29 is 9.59 Å². The summed E-state index contributed by atoms with van der Waals surface area (Å²) in [6, 6.07) is 15.6. The van der Waals surface area contributed by atoms with Gasteiger partial charge in [0.25, 0.3) is 0 Å². The van der Waals surface area contributed by atoms with Crippen molar-refractivity contribution in [3.63, 3.8) is 0 Å². The van der Waals surface area contributed by atoms with Crippen LogP contribution in [0.5, 0.6) is 0 Å². The van der Waals surface area contributed by atoms with E-state index in [4.69, 9.17) is 0 Å². The molecule has 1 aliphatic rings. The van der Waals surface area contributed by atoms with Gasteiger partial charge in [-0.1, -0.05) is 31.2 Å². The largest absolute Gasteiger partial charge is 0.369 e. The number of carbonyl (C=O) groups is 2. The van der Waals surface area contributed by atoms with Gasteiger partial charge in [-0.15, -0.1) is 0 Å². The van der Waals surface area contributed by atoms with Crippen LogP contribution in [0.4, 0.5) is 11.4 Å². The van der Waals surface area contributed by atoms with Crippen molar-refractivity contribution >= 4 is 23.1 Å². The van der Waals surface area contributed by atoms with E-state index in [1.807, 2.05) is 48.5 Å². The average molecular weight is 380 g/mol. The van der Waals surface area contributed by atoms with Crippen LogP contribution in [0.3, 0.4) is 0 Å². The molecule has 1 aliphatic heterocycles. The van der Waals surface area contributed by atoms with Crippen LogP contribution in [0, 0.1) is 0 Å². The second kappa shape index (κ2) is 9.51. The zero-order chi connectivity index (χ0) is 19.9. The van der Waals surface area contributed by atoms with Gasteiger partial charge >= 0.3 is 0 Å². The molecule has 148 valence electrons. The lowest BCUT2D eigenvalue weighted by Crippen LogP contribution is -2.44. The fraction of sp³-hybridized carbons (Fsp3) is 0.391. The molecule has 1 amide bonds. The number of hydrogen-bond acceptors (Lipinski definition) is 4. The van der Waals surface area contributed by atoms with Crippen molar-refractivity contribution in [1.82, 2.24) is 4.90 Å². The molecule has 3 rings (SSSR count). The summed E-state index contributed by atoms with van der Waals surface area (Å²) in [6.45, 7) is 6.24. The highest BCUT2D eigenvalue weighted by Crippen LogP contribution is 2.19. The highest BCUT2D eigenvalue weighted by molar-refractivity contribution is 6.00. The summed E-state index contributed by atoms with van der Waals surface area (Å²) in [5, 5.41) is 2.89. The van der Waals surface area contributed by atoms with Gasteiger partial charge in [-0.3, -0.25) is 9.59 Å². The number of hydrogen-bond donors (Lipinski definition) is 1. The minimum absolute atomic E-state index is 0.00298. The number of rotatable bonds is 7. The van der Waals surface area contributed by atoms with E-state index >= 15 is 0 Å². The van der Waals surface area contributed by atoms with Gasteiger partial charge in [-0.2, -0.15) is 0 Å². The summed E-state index contributed by atoms with van der Waals surface area (Å²) in [4.78, 5) is 29.1. The Morgan fingerprint density at radius 2 is 1.54 bits per heavy atom. The van der Waals surface area contributed by atoms with E-state index in [0.29, 0.717) is 5.56 Å². The third-order valence-corrected chi connectivity index (χ3v) is 5.28. The molecule has 2 aromatic carbocycles. The first-order valence-electron chi connectivity index (χ1n) is 10.0. The Morgan fingerprint density at radius 1 is 0.893 bits per heavy atom. The van der Waals surface area contributed by atoms with Crippen molar-refractivity contribution in [3.8, 4) is 0 Å². The number of nitrogens with zero attached hydrogens (tertiary/aromatic N) is 2. The first-order valence-corrected chi connectivity index (χ1v) is 10.0. The molecule has 0 radical (unpaired) electrons. The molecule has 1 N–H and O–H groups in total. The van der Waals surface area contributed by atoms with Crippen LogP contribution in [0.1, 0.15) is 35.7 Å². The van der Waals surface area contributed by atoms with Gasteiger partial charge < -0.3 is 15.1 Å². The quantitative estimate of drug-likeness (QED) is 0.747. The number of anilines is 2. The lowest BCUT2D eigenvalue weighted by molar-refractivity contribution is -0.116. The highest BCUT2D eigenvalue weighted by atomic mass is 16.2. The molecule has 0 unspecified atom stereocenters. The maximum Gasteiger partial charge on any atom is 0.224 e. The predicted octanol–water partition coefficient (Wildman–Crippen LogP) is 3.60. The average Bonchev–Trinajstić information content (AvgIpc) is 2.73. The second-order valence-corrected chi connectivity index (χ2v) is 7.36. The molecule has 5 heteroatoms. The van der Waals surface area contributed by atoms with Crippen LogP contribution in [-0.4, -0.2) is 49.8 Å². The first-order chi connectivity index (χ1) is 13.5. The highest BCUT2D eigenvalue weighted by Gasteiger charge is 2.14. The van der Waals surface area contributed by atoms with E-state index < -0.39 is 0 Å². The molecule has 1 heterocycles. The maximum absolute atomic E-state index is 12.3. The van der Waals surface area contributed by atoms with Gasteiger partial charge in [-0.05, 0) is 43.3 Å². The molecular weight excluding hydrogens is 350 g/mol. The standard InChI is InChI=1S/C23H29N3O2/c1-3-18-4-6-19(7-5-18)22(27)12-13-23(28)24-20-8-10-21(11-9-20)26-16-14-25(2)15-17-26/h4-11H,3,12-17H2,1-2H3,(H,24,28). The molecule has 1 fully saturated rings. The molecule has 0 atom stereocenters. The summed E-state index contributed by atoms with van der Waals surface area (Å²) in [5.41, 5.74) is 3.82. The van der Waals surface area contributed by atoms with E-state index in [1.54, 1.807) is 0 Å². The Morgan fingerprint density at radius 3 is 2.14 bits per heavy atom. The molecule has 0 aliphatic carbocycles. The molecule has 0 bridgehead atoms. The minimum Gasteiger partial charge on any atom is -0.369 e. The van der Waals surface area contributed by atoms with E-state index in [2.05, 4.69) is 29.1 Å².